The van der Waals surface area contributed by atoms with Crippen LogP contribution in [0.5, 0.6) is 0 Å². The molecular weight excluding hydrogens is 239 g/mol. The Hall–Kier alpha value is 0.690. The molecule has 0 unspecified atom stereocenters. The minimum atomic E-state index is -0.0269. The summed E-state index contributed by atoms with van der Waals surface area (Å²) in [6, 6.07) is 0. The highest BCUT2D eigenvalue weighted by molar-refractivity contribution is 14.1. The van der Waals surface area contributed by atoms with Gasteiger partial charge in [0.1, 0.15) is 0 Å². The van der Waals surface area contributed by atoms with Gasteiger partial charge in [-0.2, -0.15) is 0 Å². The molecule has 2 heteroatoms. The molecule has 1 aliphatic rings. The van der Waals surface area contributed by atoms with Crippen molar-refractivity contribution in [3.8, 4) is 0 Å². The number of hydrogen-bond donors (Lipinski definition) is 1. The number of rotatable bonds is 2. The van der Waals surface area contributed by atoms with Gasteiger partial charge in [0, 0.05) is 4.43 Å². The van der Waals surface area contributed by atoms with Gasteiger partial charge in [-0.05, 0) is 18.8 Å². The molecule has 60 valence electrons. The largest absolute Gasteiger partial charge is 0.392 e. The first-order chi connectivity index (χ1) is 4.84. The van der Waals surface area contributed by atoms with Crippen LogP contribution >= 0.6 is 22.6 Å². The van der Waals surface area contributed by atoms with Gasteiger partial charge in [0.05, 0.1) is 6.10 Å². The van der Waals surface area contributed by atoms with Crippen LogP contribution in [0.1, 0.15) is 32.1 Å². The summed E-state index contributed by atoms with van der Waals surface area (Å²) < 4.78 is 0.905. The standard InChI is InChI=1S/C8H15IO/c9-6-8(10)7-4-2-1-3-5-7/h7-8,10H,1-6H2/t8-/m1/s1. The summed E-state index contributed by atoms with van der Waals surface area (Å²) in [7, 11) is 0. The van der Waals surface area contributed by atoms with E-state index in [9.17, 15) is 5.11 Å². The number of aliphatic hydroxyl groups is 1. The maximum Gasteiger partial charge on any atom is 0.0657 e. The van der Waals surface area contributed by atoms with Crippen molar-refractivity contribution in [2.24, 2.45) is 5.92 Å². The Labute approximate surface area is 76.3 Å². The highest BCUT2D eigenvalue weighted by Gasteiger charge is 2.19. The molecule has 0 spiro atoms. The van der Waals surface area contributed by atoms with Crippen molar-refractivity contribution < 1.29 is 5.11 Å². The monoisotopic (exact) mass is 254 g/mol. The van der Waals surface area contributed by atoms with Crippen LogP contribution in [0.25, 0.3) is 0 Å². The Kier molecular flexibility index (Phi) is 3.99. The van der Waals surface area contributed by atoms with Gasteiger partial charge in [-0.25, -0.2) is 0 Å². The summed E-state index contributed by atoms with van der Waals surface area (Å²) in [5, 5.41) is 9.48. The minimum absolute atomic E-state index is 0.0269. The summed E-state index contributed by atoms with van der Waals surface area (Å²) >= 11 is 2.27. The average Bonchev–Trinajstić information content (AvgIpc) is 2.05. The Morgan fingerprint density at radius 2 is 1.90 bits per heavy atom. The van der Waals surface area contributed by atoms with Crippen LogP contribution in [0.4, 0.5) is 0 Å². The SMILES string of the molecule is O[C@H](CI)C1CCCCC1. The Morgan fingerprint density at radius 3 is 2.40 bits per heavy atom. The third kappa shape index (κ3) is 2.38. The predicted molar refractivity (Wildman–Crippen MR) is 51.5 cm³/mol. The zero-order valence-electron chi connectivity index (χ0n) is 6.22. The van der Waals surface area contributed by atoms with Crippen LogP contribution in [0, 0.1) is 5.92 Å². The molecule has 0 radical (unpaired) electrons. The topological polar surface area (TPSA) is 20.2 Å². The molecule has 0 heterocycles. The van der Waals surface area contributed by atoms with Gasteiger partial charge in [-0.15, -0.1) is 0 Å². The molecule has 0 aromatic carbocycles. The normalized spacial score (nSPS) is 24.6. The van der Waals surface area contributed by atoms with E-state index in [4.69, 9.17) is 0 Å². The molecule has 0 aromatic heterocycles. The predicted octanol–water partition coefficient (Wildman–Crippen LogP) is 2.36. The van der Waals surface area contributed by atoms with E-state index < -0.39 is 0 Å². The van der Waals surface area contributed by atoms with Gasteiger partial charge in [-0.1, -0.05) is 41.9 Å². The first kappa shape index (κ1) is 8.78. The molecule has 1 N–H and O–H groups in total. The van der Waals surface area contributed by atoms with Crippen LogP contribution < -0.4 is 0 Å². The van der Waals surface area contributed by atoms with Gasteiger partial charge in [-0.3, -0.25) is 0 Å². The first-order valence-electron chi connectivity index (χ1n) is 4.08. The average molecular weight is 254 g/mol. The lowest BCUT2D eigenvalue weighted by Gasteiger charge is -2.24. The molecule has 1 atom stereocenters. The molecule has 1 aliphatic carbocycles. The molecule has 1 fully saturated rings. The summed E-state index contributed by atoms with van der Waals surface area (Å²) in [5.41, 5.74) is 0. The van der Waals surface area contributed by atoms with Crippen molar-refractivity contribution in [2.45, 2.75) is 38.2 Å². The molecule has 1 nitrogen and oxygen atoms in total. The molecule has 0 bridgehead atoms. The molecule has 10 heavy (non-hydrogen) atoms. The van der Waals surface area contributed by atoms with Crippen molar-refractivity contribution in [3.05, 3.63) is 0 Å². The fraction of sp³-hybridized carbons (Fsp3) is 1.00. The van der Waals surface area contributed by atoms with Crippen molar-refractivity contribution in [3.63, 3.8) is 0 Å². The fourth-order valence-electron chi connectivity index (χ4n) is 1.64. The zero-order chi connectivity index (χ0) is 7.40. The Balaban J connectivity index is 2.24. The van der Waals surface area contributed by atoms with E-state index >= 15 is 0 Å². The quantitative estimate of drug-likeness (QED) is 0.592. The molecule has 0 saturated heterocycles. The second-order valence-corrected chi connectivity index (χ2v) is 4.00. The maximum absolute atomic E-state index is 9.48. The zero-order valence-corrected chi connectivity index (χ0v) is 8.38. The lowest BCUT2D eigenvalue weighted by molar-refractivity contribution is 0.107. The van der Waals surface area contributed by atoms with E-state index in [1.54, 1.807) is 0 Å². The second-order valence-electron chi connectivity index (χ2n) is 3.12. The Bertz CT molecular complexity index is 89.3. The van der Waals surface area contributed by atoms with Crippen molar-refractivity contribution >= 4 is 22.6 Å². The van der Waals surface area contributed by atoms with Crippen LogP contribution in [0.2, 0.25) is 0 Å². The summed E-state index contributed by atoms with van der Waals surface area (Å²) in [4.78, 5) is 0. The molecule has 1 saturated carbocycles. The highest BCUT2D eigenvalue weighted by atomic mass is 127. The van der Waals surface area contributed by atoms with Crippen LogP contribution in [0.15, 0.2) is 0 Å². The smallest absolute Gasteiger partial charge is 0.0657 e. The van der Waals surface area contributed by atoms with Gasteiger partial charge in [0.15, 0.2) is 0 Å². The third-order valence-corrected chi connectivity index (χ3v) is 3.25. The third-order valence-electron chi connectivity index (χ3n) is 2.35. The van der Waals surface area contributed by atoms with Crippen LogP contribution in [-0.2, 0) is 0 Å². The summed E-state index contributed by atoms with van der Waals surface area (Å²) in [5.74, 6) is 0.616. The first-order valence-corrected chi connectivity index (χ1v) is 5.61. The van der Waals surface area contributed by atoms with E-state index in [1.165, 1.54) is 32.1 Å². The number of hydrogen-bond acceptors (Lipinski definition) is 1. The lowest BCUT2D eigenvalue weighted by atomic mass is 9.86. The van der Waals surface area contributed by atoms with Crippen LogP contribution in [-0.4, -0.2) is 15.6 Å². The van der Waals surface area contributed by atoms with Gasteiger partial charge < -0.3 is 5.11 Å². The molecular formula is C8H15IO. The van der Waals surface area contributed by atoms with Crippen molar-refractivity contribution in [1.29, 1.82) is 0 Å². The number of aliphatic hydroxyl groups excluding tert-OH is 1. The van der Waals surface area contributed by atoms with Crippen molar-refractivity contribution in [2.75, 3.05) is 4.43 Å². The van der Waals surface area contributed by atoms with Gasteiger partial charge >= 0.3 is 0 Å². The van der Waals surface area contributed by atoms with Crippen LogP contribution in [0.3, 0.4) is 0 Å². The Morgan fingerprint density at radius 1 is 1.30 bits per heavy atom. The van der Waals surface area contributed by atoms with E-state index in [2.05, 4.69) is 22.6 Å². The van der Waals surface area contributed by atoms with E-state index in [-0.39, 0.29) is 6.10 Å². The maximum atomic E-state index is 9.48. The molecule has 0 aliphatic heterocycles. The second kappa shape index (κ2) is 4.54. The highest BCUT2D eigenvalue weighted by Crippen LogP contribution is 2.26. The number of alkyl halides is 1. The summed E-state index contributed by atoms with van der Waals surface area (Å²) in [6.07, 6.45) is 6.52. The van der Waals surface area contributed by atoms with E-state index in [1.807, 2.05) is 0 Å². The minimum Gasteiger partial charge on any atom is -0.392 e. The molecule has 0 amide bonds. The summed E-state index contributed by atoms with van der Waals surface area (Å²) in [6.45, 7) is 0. The lowest BCUT2D eigenvalue weighted by Crippen LogP contribution is -2.23. The molecule has 1 rings (SSSR count). The van der Waals surface area contributed by atoms with Crippen molar-refractivity contribution in [1.82, 2.24) is 0 Å². The van der Waals surface area contributed by atoms with E-state index in [0.717, 1.165) is 4.43 Å². The van der Waals surface area contributed by atoms with E-state index in [0.29, 0.717) is 5.92 Å². The number of halogens is 1. The van der Waals surface area contributed by atoms with Gasteiger partial charge in [0.25, 0.3) is 0 Å². The molecule has 0 aromatic rings. The fourth-order valence-corrected chi connectivity index (χ4v) is 2.36. The van der Waals surface area contributed by atoms with Gasteiger partial charge in [0.2, 0.25) is 0 Å².